The standard InChI is InChI=1S/C15H14N4O5/c1-9-14(21)13(11(8-20)6-16-9)7-17-18-15(22)10-2-4-12(5-3-10)19(23)24/h2-7,20-21H,8H2,1H3,(H,18,22)/b17-7+. The van der Waals surface area contributed by atoms with Crippen molar-refractivity contribution in [3.05, 3.63) is 63.0 Å². The molecule has 0 unspecified atom stereocenters. The zero-order valence-corrected chi connectivity index (χ0v) is 12.6. The fourth-order valence-electron chi connectivity index (χ4n) is 1.88. The molecule has 0 spiro atoms. The van der Waals surface area contributed by atoms with Gasteiger partial charge in [-0.05, 0) is 19.1 Å². The summed E-state index contributed by atoms with van der Waals surface area (Å²) in [5.74, 6) is -0.716. The van der Waals surface area contributed by atoms with Crippen LogP contribution in [-0.4, -0.2) is 32.2 Å². The Hall–Kier alpha value is -3.33. The molecule has 0 atom stereocenters. The topological polar surface area (TPSA) is 138 Å². The fourth-order valence-corrected chi connectivity index (χ4v) is 1.88. The first-order chi connectivity index (χ1) is 11.4. The van der Waals surface area contributed by atoms with Crippen molar-refractivity contribution in [2.24, 2.45) is 5.10 Å². The average molecular weight is 330 g/mol. The highest BCUT2D eigenvalue weighted by atomic mass is 16.6. The van der Waals surface area contributed by atoms with Gasteiger partial charge in [-0.15, -0.1) is 0 Å². The molecular formula is C15H14N4O5. The smallest absolute Gasteiger partial charge is 0.271 e. The van der Waals surface area contributed by atoms with Crippen molar-refractivity contribution in [3.8, 4) is 5.75 Å². The number of hydrogen-bond donors (Lipinski definition) is 3. The molecule has 0 aliphatic heterocycles. The van der Waals surface area contributed by atoms with E-state index in [-0.39, 0.29) is 29.2 Å². The molecule has 3 N–H and O–H groups in total. The van der Waals surface area contributed by atoms with E-state index in [4.69, 9.17) is 0 Å². The number of rotatable bonds is 5. The van der Waals surface area contributed by atoms with E-state index in [0.29, 0.717) is 11.3 Å². The molecule has 124 valence electrons. The second-order valence-electron chi connectivity index (χ2n) is 4.79. The third kappa shape index (κ3) is 3.70. The number of nitrogens with zero attached hydrogens (tertiary/aromatic N) is 3. The number of aliphatic hydroxyl groups is 1. The van der Waals surface area contributed by atoms with Gasteiger partial charge in [-0.3, -0.25) is 19.9 Å². The van der Waals surface area contributed by atoms with Gasteiger partial charge < -0.3 is 10.2 Å². The maximum Gasteiger partial charge on any atom is 0.271 e. The number of nitro groups is 1. The fraction of sp³-hybridized carbons (Fsp3) is 0.133. The van der Waals surface area contributed by atoms with Gasteiger partial charge in [0.2, 0.25) is 0 Å². The van der Waals surface area contributed by atoms with E-state index in [2.05, 4.69) is 15.5 Å². The molecule has 1 aromatic heterocycles. The Labute approximate surface area is 136 Å². The van der Waals surface area contributed by atoms with Crippen molar-refractivity contribution in [2.75, 3.05) is 0 Å². The number of aromatic nitrogens is 1. The predicted molar refractivity (Wildman–Crippen MR) is 84.7 cm³/mol. The number of benzene rings is 1. The van der Waals surface area contributed by atoms with Gasteiger partial charge in [-0.25, -0.2) is 5.43 Å². The summed E-state index contributed by atoms with van der Waals surface area (Å²) in [7, 11) is 0. The number of aliphatic hydroxyl groups excluding tert-OH is 1. The highest BCUT2D eigenvalue weighted by Gasteiger charge is 2.11. The first kappa shape index (κ1) is 17.0. The highest BCUT2D eigenvalue weighted by Crippen LogP contribution is 2.21. The summed E-state index contributed by atoms with van der Waals surface area (Å²) in [6.45, 7) is 1.24. The Morgan fingerprint density at radius 1 is 1.42 bits per heavy atom. The van der Waals surface area contributed by atoms with Crippen LogP contribution >= 0.6 is 0 Å². The second kappa shape index (κ2) is 7.29. The molecule has 1 heterocycles. The summed E-state index contributed by atoms with van der Waals surface area (Å²) < 4.78 is 0. The third-order valence-corrected chi connectivity index (χ3v) is 3.23. The van der Waals surface area contributed by atoms with Gasteiger partial charge in [0.1, 0.15) is 5.75 Å². The number of carbonyl (C=O) groups excluding carboxylic acids is 1. The Kier molecular flexibility index (Phi) is 5.17. The van der Waals surface area contributed by atoms with E-state index >= 15 is 0 Å². The van der Waals surface area contributed by atoms with Crippen LogP contribution in [0.3, 0.4) is 0 Å². The van der Waals surface area contributed by atoms with Crippen molar-refractivity contribution in [3.63, 3.8) is 0 Å². The van der Waals surface area contributed by atoms with Gasteiger partial charge in [0, 0.05) is 35.0 Å². The van der Waals surface area contributed by atoms with Crippen LogP contribution in [0.5, 0.6) is 5.75 Å². The third-order valence-electron chi connectivity index (χ3n) is 3.23. The molecule has 1 aromatic carbocycles. The van der Waals surface area contributed by atoms with Crippen molar-refractivity contribution < 1.29 is 19.9 Å². The maximum atomic E-state index is 11.9. The van der Waals surface area contributed by atoms with Crippen LogP contribution in [0, 0.1) is 17.0 Å². The van der Waals surface area contributed by atoms with Crippen LogP contribution in [0.1, 0.15) is 27.2 Å². The molecule has 0 aliphatic carbocycles. The number of pyridine rings is 1. The van der Waals surface area contributed by atoms with E-state index in [1.54, 1.807) is 6.92 Å². The van der Waals surface area contributed by atoms with Crippen molar-refractivity contribution in [2.45, 2.75) is 13.5 Å². The van der Waals surface area contributed by atoms with Crippen LogP contribution < -0.4 is 5.43 Å². The van der Waals surface area contributed by atoms with E-state index in [1.165, 1.54) is 36.7 Å². The molecule has 0 saturated carbocycles. The van der Waals surface area contributed by atoms with Crippen LogP contribution in [0.15, 0.2) is 35.6 Å². The van der Waals surface area contributed by atoms with Gasteiger partial charge in [-0.2, -0.15) is 5.10 Å². The van der Waals surface area contributed by atoms with Crippen molar-refractivity contribution >= 4 is 17.8 Å². The Balaban J connectivity index is 2.13. The number of hydrazone groups is 1. The van der Waals surface area contributed by atoms with Crippen molar-refractivity contribution in [1.29, 1.82) is 0 Å². The predicted octanol–water partition coefficient (Wildman–Crippen LogP) is 1.26. The first-order valence-corrected chi connectivity index (χ1v) is 6.80. The molecule has 24 heavy (non-hydrogen) atoms. The summed E-state index contributed by atoms with van der Waals surface area (Å²) in [5, 5.41) is 33.5. The van der Waals surface area contributed by atoms with E-state index in [0.717, 1.165) is 0 Å². The summed E-state index contributed by atoms with van der Waals surface area (Å²) in [6.07, 6.45) is 2.59. The summed E-state index contributed by atoms with van der Waals surface area (Å²) >= 11 is 0. The zero-order chi connectivity index (χ0) is 17.7. The largest absolute Gasteiger partial charge is 0.505 e. The van der Waals surface area contributed by atoms with E-state index < -0.39 is 10.8 Å². The van der Waals surface area contributed by atoms with Gasteiger partial charge in [0.25, 0.3) is 11.6 Å². The van der Waals surface area contributed by atoms with Gasteiger partial charge >= 0.3 is 0 Å². The number of non-ortho nitro benzene ring substituents is 1. The van der Waals surface area contributed by atoms with Gasteiger partial charge in [0.15, 0.2) is 0 Å². The van der Waals surface area contributed by atoms with E-state index in [9.17, 15) is 25.1 Å². The lowest BCUT2D eigenvalue weighted by molar-refractivity contribution is -0.384. The number of amides is 1. The number of hydrogen-bond acceptors (Lipinski definition) is 7. The lowest BCUT2D eigenvalue weighted by atomic mass is 10.1. The normalized spacial score (nSPS) is 10.8. The molecule has 9 heteroatoms. The Morgan fingerprint density at radius 3 is 2.67 bits per heavy atom. The first-order valence-electron chi connectivity index (χ1n) is 6.80. The summed E-state index contributed by atoms with van der Waals surface area (Å²) in [5.41, 5.74) is 3.26. The maximum absolute atomic E-state index is 11.9. The summed E-state index contributed by atoms with van der Waals surface area (Å²) in [6, 6.07) is 5.02. The monoisotopic (exact) mass is 330 g/mol. The zero-order valence-electron chi connectivity index (χ0n) is 12.6. The number of aryl methyl sites for hydroxylation is 1. The SMILES string of the molecule is Cc1ncc(CO)c(/C=N/NC(=O)c2ccc([N+](=O)[O-])cc2)c1O. The number of nitrogens with one attached hydrogen (secondary N) is 1. The van der Waals surface area contributed by atoms with Gasteiger partial charge in [-0.1, -0.05) is 0 Å². The molecule has 2 aromatic rings. The van der Waals surface area contributed by atoms with Crippen LogP contribution in [-0.2, 0) is 6.61 Å². The highest BCUT2D eigenvalue weighted by molar-refractivity contribution is 5.95. The van der Waals surface area contributed by atoms with Crippen LogP contribution in [0.4, 0.5) is 5.69 Å². The number of carbonyl (C=O) groups is 1. The molecule has 0 radical (unpaired) electrons. The minimum Gasteiger partial charge on any atom is -0.505 e. The number of aromatic hydroxyl groups is 1. The molecule has 1 amide bonds. The lowest BCUT2D eigenvalue weighted by Crippen LogP contribution is -2.17. The van der Waals surface area contributed by atoms with Crippen LogP contribution in [0.25, 0.3) is 0 Å². The molecule has 9 nitrogen and oxygen atoms in total. The molecule has 0 bridgehead atoms. The molecule has 0 aliphatic rings. The average Bonchev–Trinajstić information content (AvgIpc) is 2.58. The Bertz CT molecular complexity index is 802. The minimum absolute atomic E-state index is 0.125. The van der Waals surface area contributed by atoms with E-state index in [1.807, 2.05) is 0 Å². The Morgan fingerprint density at radius 2 is 2.08 bits per heavy atom. The molecular weight excluding hydrogens is 316 g/mol. The second-order valence-corrected chi connectivity index (χ2v) is 4.79. The molecule has 0 fully saturated rings. The summed E-state index contributed by atoms with van der Waals surface area (Å²) in [4.78, 5) is 25.8. The molecule has 2 rings (SSSR count). The van der Waals surface area contributed by atoms with Crippen LogP contribution in [0.2, 0.25) is 0 Å². The van der Waals surface area contributed by atoms with Gasteiger partial charge in [0.05, 0.1) is 23.4 Å². The quantitative estimate of drug-likeness (QED) is 0.428. The lowest BCUT2D eigenvalue weighted by Gasteiger charge is -2.07. The molecule has 0 saturated heterocycles. The number of nitro benzene ring substituents is 1. The van der Waals surface area contributed by atoms with Crippen molar-refractivity contribution in [1.82, 2.24) is 10.4 Å². The minimum atomic E-state index is -0.572.